The van der Waals surface area contributed by atoms with Gasteiger partial charge in [-0.25, -0.2) is 9.37 Å². The van der Waals surface area contributed by atoms with Gasteiger partial charge in [-0.15, -0.1) is 0 Å². The summed E-state index contributed by atoms with van der Waals surface area (Å²) in [6, 6.07) is 4.59. The molecule has 1 aromatic heterocycles. The molecule has 1 aromatic carbocycles. The van der Waals surface area contributed by atoms with E-state index in [1.54, 1.807) is 31.6 Å². The van der Waals surface area contributed by atoms with Crippen LogP contribution in [0, 0.1) is 12.7 Å². The van der Waals surface area contributed by atoms with Crippen molar-refractivity contribution in [1.82, 2.24) is 9.55 Å². The van der Waals surface area contributed by atoms with E-state index in [0.717, 1.165) is 6.54 Å². The molecule has 0 aliphatic heterocycles. The Morgan fingerprint density at radius 2 is 2.24 bits per heavy atom. The van der Waals surface area contributed by atoms with Crippen LogP contribution in [-0.4, -0.2) is 14.7 Å². The van der Waals surface area contributed by atoms with Crippen LogP contribution >= 0.6 is 0 Å². The van der Waals surface area contributed by atoms with Crippen molar-refractivity contribution in [2.45, 2.75) is 26.5 Å². The van der Waals surface area contributed by atoms with Crippen molar-refractivity contribution in [3.05, 3.63) is 53.4 Å². The van der Waals surface area contributed by atoms with E-state index >= 15 is 0 Å². The lowest BCUT2D eigenvalue weighted by atomic mass is 10.0. The topological polar surface area (TPSA) is 38.0 Å². The first kappa shape index (κ1) is 11.8. The van der Waals surface area contributed by atoms with E-state index in [0.29, 0.717) is 16.8 Å². The Labute approximate surface area is 99.5 Å². The Bertz CT molecular complexity index is 522. The van der Waals surface area contributed by atoms with Gasteiger partial charge < -0.3 is 9.67 Å². The summed E-state index contributed by atoms with van der Waals surface area (Å²) in [4.78, 5) is 4.13. The SMILES string of the molecule is CCn1cnc(C(O)c2ccc(F)c(C)c2)c1. The summed E-state index contributed by atoms with van der Waals surface area (Å²) in [6.45, 7) is 4.48. The maximum Gasteiger partial charge on any atom is 0.126 e. The Kier molecular flexibility index (Phi) is 3.24. The van der Waals surface area contributed by atoms with Gasteiger partial charge in [0.1, 0.15) is 11.9 Å². The van der Waals surface area contributed by atoms with Crippen molar-refractivity contribution in [3.63, 3.8) is 0 Å². The van der Waals surface area contributed by atoms with E-state index in [1.165, 1.54) is 6.07 Å². The molecule has 1 N–H and O–H groups in total. The quantitative estimate of drug-likeness (QED) is 0.885. The minimum atomic E-state index is -0.804. The maximum absolute atomic E-state index is 13.1. The Hall–Kier alpha value is -1.68. The molecule has 0 fully saturated rings. The van der Waals surface area contributed by atoms with E-state index in [-0.39, 0.29) is 5.82 Å². The molecule has 4 heteroatoms. The number of aryl methyl sites for hydroxylation is 2. The van der Waals surface area contributed by atoms with E-state index in [9.17, 15) is 9.50 Å². The van der Waals surface area contributed by atoms with Crippen LogP contribution in [0.25, 0.3) is 0 Å². The number of hydrogen-bond donors (Lipinski definition) is 1. The fourth-order valence-electron chi connectivity index (χ4n) is 1.70. The lowest BCUT2D eigenvalue weighted by Gasteiger charge is -2.09. The number of rotatable bonds is 3. The minimum Gasteiger partial charge on any atom is -0.382 e. The van der Waals surface area contributed by atoms with Gasteiger partial charge in [0.15, 0.2) is 0 Å². The van der Waals surface area contributed by atoms with Crippen molar-refractivity contribution in [2.24, 2.45) is 0 Å². The van der Waals surface area contributed by atoms with Crippen molar-refractivity contribution in [2.75, 3.05) is 0 Å². The van der Waals surface area contributed by atoms with Crippen molar-refractivity contribution < 1.29 is 9.50 Å². The average molecular weight is 234 g/mol. The normalized spacial score (nSPS) is 12.7. The zero-order valence-electron chi connectivity index (χ0n) is 9.89. The molecule has 1 atom stereocenters. The fourth-order valence-corrected chi connectivity index (χ4v) is 1.70. The van der Waals surface area contributed by atoms with Gasteiger partial charge in [-0.3, -0.25) is 0 Å². The zero-order valence-corrected chi connectivity index (χ0v) is 9.89. The number of aliphatic hydroxyl groups excluding tert-OH is 1. The van der Waals surface area contributed by atoms with E-state index in [1.807, 2.05) is 11.5 Å². The van der Waals surface area contributed by atoms with Crippen LogP contribution in [0.1, 0.15) is 29.8 Å². The lowest BCUT2D eigenvalue weighted by Crippen LogP contribution is -2.01. The third-order valence-corrected chi connectivity index (χ3v) is 2.80. The number of hydrogen-bond acceptors (Lipinski definition) is 2. The zero-order chi connectivity index (χ0) is 12.4. The predicted octanol–water partition coefficient (Wildman–Crippen LogP) is 2.43. The number of aliphatic hydroxyl groups is 1. The summed E-state index contributed by atoms with van der Waals surface area (Å²) in [5.74, 6) is -0.264. The molecule has 17 heavy (non-hydrogen) atoms. The highest BCUT2D eigenvalue weighted by Gasteiger charge is 2.14. The van der Waals surface area contributed by atoms with Gasteiger partial charge in [0.05, 0.1) is 12.0 Å². The molecule has 2 aromatic rings. The second-order valence-electron chi connectivity index (χ2n) is 4.04. The largest absolute Gasteiger partial charge is 0.382 e. The summed E-state index contributed by atoms with van der Waals surface area (Å²) in [5.41, 5.74) is 1.76. The molecule has 3 nitrogen and oxygen atoms in total. The van der Waals surface area contributed by atoms with Crippen molar-refractivity contribution >= 4 is 0 Å². The monoisotopic (exact) mass is 234 g/mol. The third kappa shape index (κ3) is 2.36. The highest BCUT2D eigenvalue weighted by atomic mass is 19.1. The highest BCUT2D eigenvalue weighted by molar-refractivity contribution is 5.29. The minimum absolute atomic E-state index is 0.264. The fraction of sp³-hybridized carbons (Fsp3) is 0.308. The summed E-state index contributed by atoms with van der Waals surface area (Å²) in [6.07, 6.45) is 2.67. The first-order valence-electron chi connectivity index (χ1n) is 5.57. The maximum atomic E-state index is 13.1. The Morgan fingerprint density at radius 1 is 1.47 bits per heavy atom. The molecule has 0 aliphatic carbocycles. The predicted molar refractivity (Wildman–Crippen MR) is 63.1 cm³/mol. The van der Waals surface area contributed by atoms with E-state index in [2.05, 4.69) is 4.98 Å². The van der Waals surface area contributed by atoms with E-state index in [4.69, 9.17) is 0 Å². The molecule has 0 amide bonds. The van der Waals surface area contributed by atoms with Gasteiger partial charge in [-0.05, 0) is 31.0 Å². The smallest absolute Gasteiger partial charge is 0.126 e. The molecule has 0 bridgehead atoms. The van der Waals surface area contributed by atoms with Crippen LogP contribution in [0.15, 0.2) is 30.7 Å². The van der Waals surface area contributed by atoms with Crippen LogP contribution in [0.5, 0.6) is 0 Å². The van der Waals surface area contributed by atoms with Gasteiger partial charge in [0, 0.05) is 12.7 Å². The van der Waals surface area contributed by atoms with Crippen molar-refractivity contribution in [3.8, 4) is 0 Å². The summed E-state index contributed by atoms with van der Waals surface area (Å²) in [7, 11) is 0. The van der Waals surface area contributed by atoms with Crippen LogP contribution in [0.3, 0.4) is 0 Å². The molecule has 90 valence electrons. The third-order valence-electron chi connectivity index (χ3n) is 2.80. The summed E-state index contributed by atoms with van der Waals surface area (Å²) in [5, 5.41) is 10.1. The van der Waals surface area contributed by atoms with Crippen molar-refractivity contribution in [1.29, 1.82) is 0 Å². The molecule has 0 saturated carbocycles. The van der Waals surface area contributed by atoms with Gasteiger partial charge in [-0.2, -0.15) is 0 Å². The molecular formula is C13H15FN2O. The van der Waals surface area contributed by atoms with Crippen LogP contribution in [-0.2, 0) is 6.54 Å². The number of aromatic nitrogens is 2. The van der Waals surface area contributed by atoms with Crippen LogP contribution < -0.4 is 0 Å². The number of benzene rings is 1. The molecule has 2 rings (SSSR count). The molecule has 1 heterocycles. The van der Waals surface area contributed by atoms with Crippen LogP contribution in [0.4, 0.5) is 4.39 Å². The van der Waals surface area contributed by atoms with Gasteiger partial charge >= 0.3 is 0 Å². The lowest BCUT2D eigenvalue weighted by molar-refractivity contribution is 0.215. The Balaban J connectivity index is 2.29. The second kappa shape index (κ2) is 4.67. The Morgan fingerprint density at radius 3 is 2.82 bits per heavy atom. The first-order chi connectivity index (χ1) is 8.11. The van der Waals surface area contributed by atoms with Gasteiger partial charge in [0.2, 0.25) is 0 Å². The molecule has 0 aliphatic rings. The first-order valence-corrected chi connectivity index (χ1v) is 5.57. The number of nitrogens with zero attached hydrogens (tertiary/aromatic N) is 2. The number of imidazole rings is 1. The molecule has 0 spiro atoms. The molecule has 0 saturated heterocycles. The summed E-state index contributed by atoms with van der Waals surface area (Å²) >= 11 is 0. The summed E-state index contributed by atoms with van der Waals surface area (Å²) < 4.78 is 15.0. The molecule has 0 radical (unpaired) electrons. The number of halogens is 1. The second-order valence-corrected chi connectivity index (χ2v) is 4.04. The average Bonchev–Trinajstić information content (AvgIpc) is 2.80. The standard InChI is InChI=1S/C13H15FN2O/c1-3-16-7-12(15-8-16)13(17)10-4-5-11(14)9(2)6-10/h4-8,13,17H,3H2,1-2H3. The van der Waals surface area contributed by atoms with Crippen LogP contribution in [0.2, 0.25) is 0 Å². The van der Waals surface area contributed by atoms with Gasteiger partial charge in [0.25, 0.3) is 0 Å². The highest BCUT2D eigenvalue weighted by Crippen LogP contribution is 2.22. The molecule has 1 unspecified atom stereocenters. The van der Waals surface area contributed by atoms with Gasteiger partial charge in [-0.1, -0.05) is 12.1 Å². The van der Waals surface area contributed by atoms with E-state index < -0.39 is 6.10 Å². The molecular weight excluding hydrogens is 219 g/mol.